The van der Waals surface area contributed by atoms with Gasteiger partial charge in [0.25, 0.3) is 0 Å². The third kappa shape index (κ3) is 14.1. The first-order valence-electron chi connectivity index (χ1n) is 12.3. The summed E-state index contributed by atoms with van der Waals surface area (Å²) in [4.78, 5) is 47.5. The molecule has 0 heterocycles. The van der Waals surface area contributed by atoms with Gasteiger partial charge < -0.3 is 34.2 Å². The first kappa shape index (κ1) is 31.7. The van der Waals surface area contributed by atoms with Crippen LogP contribution in [-0.2, 0) is 35.0 Å². The lowest BCUT2D eigenvalue weighted by Crippen LogP contribution is -2.37. The van der Waals surface area contributed by atoms with E-state index < -0.39 is 36.4 Å². The lowest BCUT2D eigenvalue weighted by molar-refractivity contribution is -0.157. The monoisotopic (exact) mass is 525 g/mol. The molecule has 11 heteroatoms. The molecule has 2 atom stereocenters. The van der Waals surface area contributed by atoms with Crippen LogP contribution in [0, 0.1) is 11.8 Å². The second-order valence-electron chi connectivity index (χ2n) is 9.41. The topological polar surface area (TPSA) is 150 Å². The Morgan fingerprint density at radius 2 is 1.35 bits per heavy atom. The number of hydrogen-bond acceptors (Lipinski definition) is 11. The van der Waals surface area contributed by atoms with Gasteiger partial charge in [0.1, 0.15) is 18.8 Å². The molecule has 37 heavy (non-hydrogen) atoms. The van der Waals surface area contributed by atoms with Crippen molar-refractivity contribution in [2.24, 2.45) is 17.6 Å². The number of nitrogens with two attached hydrogens (primary N) is 1. The number of carbonyl (C=O) groups is 4. The minimum absolute atomic E-state index is 0.0248. The van der Waals surface area contributed by atoms with E-state index in [4.69, 9.17) is 34.2 Å². The number of carbonyl (C=O) groups excluding carboxylic acids is 4. The van der Waals surface area contributed by atoms with Crippen LogP contribution >= 0.6 is 0 Å². The maximum Gasteiger partial charge on any atom is 0.513 e. The van der Waals surface area contributed by atoms with E-state index in [2.05, 4.69) is 0 Å². The molecule has 0 saturated heterocycles. The van der Waals surface area contributed by atoms with E-state index >= 15 is 0 Å². The molecule has 0 bridgehead atoms. The highest BCUT2D eigenvalue weighted by molar-refractivity contribution is 5.76. The van der Waals surface area contributed by atoms with Gasteiger partial charge in [-0.2, -0.15) is 0 Å². The fourth-order valence-electron chi connectivity index (χ4n) is 2.73. The first-order valence-corrected chi connectivity index (χ1v) is 12.3. The summed E-state index contributed by atoms with van der Waals surface area (Å²) in [6, 6.07) is 3.31. The van der Waals surface area contributed by atoms with Crippen LogP contribution in [0.4, 0.5) is 9.59 Å². The van der Waals surface area contributed by atoms with E-state index in [1.165, 1.54) is 19.1 Å². The van der Waals surface area contributed by atoms with Crippen molar-refractivity contribution in [2.75, 3.05) is 19.8 Å². The Morgan fingerprint density at radius 1 is 0.811 bits per heavy atom. The maximum absolute atomic E-state index is 12.3. The van der Waals surface area contributed by atoms with Crippen LogP contribution in [0.2, 0.25) is 0 Å². The molecule has 0 saturated carbocycles. The minimum Gasteiger partial charge on any atom is -0.462 e. The molecule has 1 aromatic carbocycles. The smallest absolute Gasteiger partial charge is 0.462 e. The second-order valence-corrected chi connectivity index (χ2v) is 9.41. The van der Waals surface area contributed by atoms with Crippen LogP contribution in [0.5, 0.6) is 11.5 Å². The summed E-state index contributed by atoms with van der Waals surface area (Å²) in [7, 11) is 0. The van der Waals surface area contributed by atoms with Crippen LogP contribution in [0.15, 0.2) is 18.2 Å². The summed E-state index contributed by atoms with van der Waals surface area (Å²) in [5.41, 5.74) is 6.48. The Balaban J connectivity index is 2.91. The molecule has 0 spiro atoms. The van der Waals surface area contributed by atoms with Crippen molar-refractivity contribution in [3.05, 3.63) is 23.8 Å². The highest BCUT2D eigenvalue weighted by Crippen LogP contribution is 2.30. The van der Waals surface area contributed by atoms with Crippen LogP contribution < -0.4 is 15.2 Å². The van der Waals surface area contributed by atoms with Gasteiger partial charge in [0, 0.05) is 6.92 Å². The molecule has 1 aromatic rings. The standard InChI is InChI=1S/C26H39NO10/c1-16(2)9-11-32-25(30)36-22-8-7-20(14-23(22)37-26(31)33-12-10-17(3)4)13-21(27)24(29)35-18(5)15-34-19(6)28/h7-8,14,16-18,21H,9-13,15,27H2,1-6H3/t18?,21-/m0/s1. The molecular formula is C26H39NO10. The SMILES string of the molecule is CC(=O)OCC(C)OC(=O)[C@@H](N)Cc1ccc(OC(=O)OCCC(C)C)c(OC(=O)OCCC(C)C)c1. The van der Waals surface area contributed by atoms with E-state index in [0.717, 1.165) is 0 Å². The van der Waals surface area contributed by atoms with Gasteiger partial charge in [-0.3, -0.25) is 9.59 Å². The Bertz CT molecular complexity index is 899. The Morgan fingerprint density at radius 3 is 1.86 bits per heavy atom. The fraction of sp³-hybridized carbons (Fsp3) is 0.615. The molecule has 0 aliphatic heterocycles. The number of ether oxygens (including phenoxy) is 6. The van der Waals surface area contributed by atoms with E-state index in [1.54, 1.807) is 13.0 Å². The highest BCUT2D eigenvalue weighted by atomic mass is 16.7. The van der Waals surface area contributed by atoms with E-state index in [9.17, 15) is 19.2 Å². The summed E-state index contributed by atoms with van der Waals surface area (Å²) in [6.07, 6.45) is -1.27. The molecule has 0 aliphatic rings. The number of rotatable bonds is 14. The van der Waals surface area contributed by atoms with Gasteiger partial charge in [0.15, 0.2) is 11.5 Å². The molecule has 0 aliphatic carbocycles. The number of esters is 2. The summed E-state index contributed by atoms with van der Waals surface area (Å²) < 4.78 is 30.6. The molecule has 208 valence electrons. The Labute approximate surface area is 217 Å². The summed E-state index contributed by atoms with van der Waals surface area (Å²) in [5.74, 6) is -0.694. The molecule has 11 nitrogen and oxygen atoms in total. The highest BCUT2D eigenvalue weighted by Gasteiger charge is 2.22. The van der Waals surface area contributed by atoms with Crippen molar-refractivity contribution in [3.63, 3.8) is 0 Å². The van der Waals surface area contributed by atoms with E-state index in [0.29, 0.717) is 30.2 Å². The Hall–Kier alpha value is -3.34. The van der Waals surface area contributed by atoms with Gasteiger partial charge in [-0.25, -0.2) is 9.59 Å². The number of benzene rings is 1. The molecule has 0 radical (unpaired) electrons. The van der Waals surface area contributed by atoms with Crippen molar-refractivity contribution in [1.29, 1.82) is 0 Å². The van der Waals surface area contributed by atoms with Crippen molar-refractivity contribution < 1.29 is 47.6 Å². The van der Waals surface area contributed by atoms with Gasteiger partial charge in [0.05, 0.1) is 13.2 Å². The van der Waals surface area contributed by atoms with Crippen molar-refractivity contribution >= 4 is 24.2 Å². The van der Waals surface area contributed by atoms with E-state index in [1.807, 2.05) is 27.7 Å². The molecule has 0 aromatic heterocycles. The second kappa shape index (κ2) is 16.4. The lowest BCUT2D eigenvalue weighted by atomic mass is 10.1. The van der Waals surface area contributed by atoms with Crippen molar-refractivity contribution in [1.82, 2.24) is 0 Å². The third-order valence-corrected chi connectivity index (χ3v) is 4.82. The minimum atomic E-state index is -1.06. The molecule has 1 rings (SSSR count). The Kier molecular flexibility index (Phi) is 14.1. The first-order chi connectivity index (χ1) is 17.4. The summed E-state index contributed by atoms with van der Waals surface area (Å²) in [6.45, 7) is 11.0. The number of hydrogen-bond donors (Lipinski definition) is 1. The summed E-state index contributed by atoms with van der Waals surface area (Å²) in [5, 5.41) is 0. The van der Waals surface area contributed by atoms with Gasteiger partial charge in [-0.1, -0.05) is 33.8 Å². The van der Waals surface area contributed by atoms with Gasteiger partial charge in [-0.15, -0.1) is 0 Å². The van der Waals surface area contributed by atoms with Crippen LogP contribution in [-0.4, -0.2) is 56.2 Å². The average Bonchev–Trinajstić information content (AvgIpc) is 2.78. The molecule has 1 unspecified atom stereocenters. The zero-order chi connectivity index (χ0) is 28.0. The average molecular weight is 526 g/mol. The maximum atomic E-state index is 12.3. The molecule has 0 amide bonds. The quantitative estimate of drug-likeness (QED) is 0.212. The molecule has 2 N–H and O–H groups in total. The summed E-state index contributed by atoms with van der Waals surface area (Å²) >= 11 is 0. The van der Waals surface area contributed by atoms with Crippen molar-refractivity contribution in [2.45, 2.75) is 73.0 Å². The zero-order valence-corrected chi connectivity index (χ0v) is 22.4. The van der Waals surface area contributed by atoms with Crippen LogP contribution in [0.1, 0.15) is 59.9 Å². The zero-order valence-electron chi connectivity index (χ0n) is 22.4. The predicted octanol–water partition coefficient (Wildman–Crippen LogP) is 4.17. The fourth-order valence-corrected chi connectivity index (χ4v) is 2.73. The van der Waals surface area contributed by atoms with Crippen LogP contribution in [0.3, 0.4) is 0 Å². The normalized spacial score (nSPS) is 12.5. The lowest BCUT2D eigenvalue weighted by Gasteiger charge is -2.17. The third-order valence-electron chi connectivity index (χ3n) is 4.82. The van der Waals surface area contributed by atoms with Crippen LogP contribution in [0.25, 0.3) is 0 Å². The van der Waals surface area contributed by atoms with Gasteiger partial charge in [0.2, 0.25) is 0 Å². The van der Waals surface area contributed by atoms with E-state index in [-0.39, 0.29) is 37.7 Å². The molecule has 0 fully saturated rings. The molecular weight excluding hydrogens is 486 g/mol. The van der Waals surface area contributed by atoms with Gasteiger partial charge in [-0.05, 0) is 55.7 Å². The largest absolute Gasteiger partial charge is 0.513 e. The predicted molar refractivity (Wildman–Crippen MR) is 133 cm³/mol. The van der Waals surface area contributed by atoms with Gasteiger partial charge >= 0.3 is 24.2 Å². The van der Waals surface area contributed by atoms with Crippen molar-refractivity contribution in [3.8, 4) is 11.5 Å².